The van der Waals surface area contributed by atoms with Crippen LogP contribution in [0.15, 0.2) is 40.4 Å². The molecule has 0 saturated carbocycles. The van der Waals surface area contributed by atoms with E-state index in [1.807, 2.05) is 0 Å². The maximum absolute atomic E-state index is 13.0. The molecule has 112 valence electrons. The molecule has 0 atom stereocenters. The number of nitrogens with zero attached hydrogens (tertiary/aromatic N) is 2. The van der Waals surface area contributed by atoms with E-state index in [0.717, 1.165) is 4.31 Å². The second-order valence-electron chi connectivity index (χ2n) is 4.53. The predicted octanol–water partition coefficient (Wildman–Crippen LogP) is 0.977. The lowest BCUT2D eigenvalue weighted by atomic mass is 10.1. The summed E-state index contributed by atoms with van der Waals surface area (Å²) in [6.07, 6.45) is 1.21. The summed E-state index contributed by atoms with van der Waals surface area (Å²) in [7, 11) is -2.44. The van der Waals surface area contributed by atoms with Crippen LogP contribution in [0.4, 0.5) is 4.39 Å². The summed E-state index contributed by atoms with van der Waals surface area (Å²) in [5.74, 6) is -0.857. The number of halogens is 1. The standard InChI is InChI=1S/C13H14FN3O3S/c1-9-12(8-17(2)21(19,20)16-9)13(18)15-7-10-4-3-5-11(14)6-10/h3-6,8H,7H2,1-2H3,(H,15,18). The molecule has 0 radical (unpaired) electrons. The molecule has 1 aromatic carbocycles. The van der Waals surface area contributed by atoms with Gasteiger partial charge in [-0.25, -0.2) is 4.39 Å². The molecular weight excluding hydrogens is 297 g/mol. The maximum atomic E-state index is 13.0. The molecule has 1 amide bonds. The summed E-state index contributed by atoms with van der Waals surface area (Å²) >= 11 is 0. The minimum atomic E-state index is -3.73. The van der Waals surface area contributed by atoms with Gasteiger partial charge in [0.15, 0.2) is 0 Å². The zero-order chi connectivity index (χ0) is 15.6. The molecule has 0 saturated heterocycles. The zero-order valence-electron chi connectivity index (χ0n) is 11.5. The average Bonchev–Trinajstić information content (AvgIpc) is 2.40. The molecule has 0 aliphatic carbocycles. The number of hydrogen-bond donors (Lipinski definition) is 1. The highest BCUT2D eigenvalue weighted by Crippen LogP contribution is 2.14. The van der Waals surface area contributed by atoms with Gasteiger partial charge in [0.25, 0.3) is 5.91 Å². The SMILES string of the molecule is CC1=NS(=O)(=O)N(C)C=C1C(=O)NCc1cccc(F)c1. The number of nitrogens with one attached hydrogen (secondary N) is 1. The minimum absolute atomic E-state index is 0.116. The Hall–Kier alpha value is -2.22. The van der Waals surface area contributed by atoms with Crippen LogP contribution in [0, 0.1) is 5.82 Å². The Kier molecular flexibility index (Phi) is 4.08. The number of benzene rings is 1. The lowest BCUT2D eigenvalue weighted by Crippen LogP contribution is -2.33. The van der Waals surface area contributed by atoms with E-state index in [9.17, 15) is 17.6 Å². The van der Waals surface area contributed by atoms with Crippen LogP contribution in [0.25, 0.3) is 0 Å². The van der Waals surface area contributed by atoms with Gasteiger partial charge in [-0.05, 0) is 24.6 Å². The summed E-state index contributed by atoms with van der Waals surface area (Å²) < 4.78 is 40.4. The third-order valence-corrected chi connectivity index (χ3v) is 4.24. The van der Waals surface area contributed by atoms with Crippen LogP contribution in [-0.4, -0.2) is 31.4 Å². The fraction of sp³-hybridized carbons (Fsp3) is 0.231. The van der Waals surface area contributed by atoms with Crippen LogP contribution >= 0.6 is 0 Å². The van der Waals surface area contributed by atoms with Gasteiger partial charge < -0.3 is 5.32 Å². The van der Waals surface area contributed by atoms with Gasteiger partial charge in [-0.2, -0.15) is 8.42 Å². The van der Waals surface area contributed by atoms with E-state index in [1.165, 1.54) is 32.3 Å². The first kappa shape index (κ1) is 15.2. The van der Waals surface area contributed by atoms with Crippen molar-refractivity contribution in [3.63, 3.8) is 0 Å². The summed E-state index contributed by atoms with van der Waals surface area (Å²) in [4.78, 5) is 12.0. The quantitative estimate of drug-likeness (QED) is 0.903. The first-order chi connectivity index (χ1) is 9.79. The van der Waals surface area contributed by atoms with Crippen molar-refractivity contribution < 1.29 is 17.6 Å². The van der Waals surface area contributed by atoms with E-state index in [1.54, 1.807) is 12.1 Å². The highest BCUT2D eigenvalue weighted by molar-refractivity contribution is 7.88. The molecule has 1 N–H and O–H groups in total. The van der Waals surface area contributed by atoms with E-state index in [-0.39, 0.29) is 23.6 Å². The third kappa shape index (κ3) is 3.46. The molecule has 0 bridgehead atoms. The van der Waals surface area contributed by atoms with Crippen molar-refractivity contribution in [3.05, 3.63) is 47.4 Å². The molecule has 8 heteroatoms. The van der Waals surface area contributed by atoms with Crippen molar-refractivity contribution in [2.24, 2.45) is 4.40 Å². The van der Waals surface area contributed by atoms with Gasteiger partial charge in [0.2, 0.25) is 0 Å². The molecular formula is C13H14FN3O3S. The Morgan fingerprint density at radius 2 is 2.14 bits per heavy atom. The number of carbonyl (C=O) groups excluding carboxylic acids is 1. The maximum Gasteiger partial charge on any atom is 0.344 e. The Morgan fingerprint density at radius 3 is 2.81 bits per heavy atom. The van der Waals surface area contributed by atoms with Crippen LogP contribution in [0.1, 0.15) is 12.5 Å². The molecule has 0 spiro atoms. The van der Waals surface area contributed by atoms with Crippen LogP contribution in [0.5, 0.6) is 0 Å². The number of rotatable bonds is 3. The largest absolute Gasteiger partial charge is 0.348 e. The van der Waals surface area contributed by atoms with Gasteiger partial charge in [0, 0.05) is 19.8 Å². The fourth-order valence-corrected chi connectivity index (χ4v) is 2.59. The predicted molar refractivity (Wildman–Crippen MR) is 76.1 cm³/mol. The second kappa shape index (κ2) is 5.65. The minimum Gasteiger partial charge on any atom is -0.348 e. The first-order valence-electron chi connectivity index (χ1n) is 6.09. The highest BCUT2D eigenvalue weighted by Gasteiger charge is 2.25. The second-order valence-corrected chi connectivity index (χ2v) is 6.18. The topological polar surface area (TPSA) is 78.8 Å². The van der Waals surface area contributed by atoms with E-state index >= 15 is 0 Å². The van der Waals surface area contributed by atoms with E-state index in [0.29, 0.717) is 5.56 Å². The molecule has 0 unspecified atom stereocenters. The zero-order valence-corrected chi connectivity index (χ0v) is 12.3. The lowest BCUT2D eigenvalue weighted by molar-refractivity contribution is -0.117. The summed E-state index contributed by atoms with van der Waals surface area (Å²) in [6.45, 7) is 1.58. The van der Waals surface area contributed by atoms with Crippen molar-refractivity contribution in [2.75, 3.05) is 7.05 Å². The molecule has 2 rings (SSSR count). The normalized spacial score (nSPS) is 17.0. The Balaban J connectivity index is 2.09. The molecule has 6 nitrogen and oxygen atoms in total. The van der Waals surface area contributed by atoms with Crippen molar-refractivity contribution in [1.82, 2.24) is 9.62 Å². The summed E-state index contributed by atoms with van der Waals surface area (Å²) in [5, 5.41) is 2.60. The summed E-state index contributed by atoms with van der Waals surface area (Å²) in [5.41, 5.74) is 0.879. The number of hydrogen-bond acceptors (Lipinski definition) is 3. The van der Waals surface area contributed by atoms with Crippen LogP contribution < -0.4 is 5.32 Å². The molecule has 1 aliphatic rings. The van der Waals surface area contributed by atoms with Crippen molar-refractivity contribution >= 4 is 21.8 Å². The fourth-order valence-electron chi connectivity index (χ4n) is 1.78. The van der Waals surface area contributed by atoms with Gasteiger partial charge in [0.1, 0.15) is 5.82 Å². The monoisotopic (exact) mass is 311 g/mol. The molecule has 1 aliphatic heterocycles. The van der Waals surface area contributed by atoms with Gasteiger partial charge >= 0.3 is 10.2 Å². The molecule has 21 heavy (non-hydrogen) atoms. The van der Waals surface area contributed by atoms with Crippen LogP contribution in [0.3, 0.4) is 0 Å². The van der Waals surface area contributed by atoms with Crippen LogP contribution in [0.2, 0.25) is 0 Å². The van der Waals surface area contributed by atoms with Gasteiger partial charge in [-0.3, -0.25) is 9.10 Å². The van der Waals surface area contributed by atoms with Gasteiger partial charge in [-0.1, -0.05) is 12.1 Å². The van der Waals surface area contributed by atoms with Crippen molar-refractivity contribution in [1.29, 1.82) is 0 Å². The Labute approximate surface area is 122 Å². The van der Waals surface area contributed by atoms with Gasteiger partial charge in [-0.15, -0.1) is 4.40 Å². The number of carbonyl (C=O) groups is 1. The highest BCUT2D eigenvalue weighted by atomic mass is 32.2. The smallest absolute Gasteiger partial charge is 0.344 e. The van der Waals surface area contributed by atoms with Gasteiger partial charge in [0.05, 0.1) is 11.3 Å². The van der Waals surface area contributed by atoms with E-state index in [2.05, 4.69) is 9.71 Å². The lowest BCUT2D eigenvalue weighted by Gasteiger charge is -2.19. The molecule has 0 aromatic heterocycles. The van der Waals surface area contributed by atoms with E-state index in [4.69, 9.17) is 0 Å². The van der Waals surface area contributed by atoms with Crippen molar-refractivity contribution in [2.45, 2.75) is 13.5 Å². The van der Waals surface area contributed by atoms with E-state index < -0.39 is 16.1 Å². The molecule has 0 fully saturated rings. The Morgan fingerprint density at radius 1 is 1.43 bits per heavy atom. The summed E-state index contributed by atoms with van der Waals surface area (Å²) in [6, 6.07) is 5.85. The average molecular weight is 311 g/mol. The number of amides is 1. The third-order valence-electron chi connectivity index (χ3n) is 2.90. The van der Waals surface area contributed by atoms with Crippen LogP contribution in [-0.2, 0) is 21.5 Å². The van der Waals surface area contributed by atoms with Crippen molar-refractivity contribution in [3.8, 4) is 0 Å². The Bertz CT molecular complexity index is 741. The molecule has 1 aromatic rings. The molecule has 1 heterocycles. The first-order valence-corrected chi connectivity index (χ1v) is 7.48.